The van der Waals surface area contributed by atoms with Gasteiger partial charge in [0.15, 0.2) is 5.78 Å². The van der Waals surface area contributed by atoms with Crippen LogP contribution in [0.4, 0.5) is 23.7 Å². The van der Waals surface area contributed by atoms with Gasteiger partial charge in [-0.3, -0.25) is 19.5 Å². The Balaban J connectivity index is 1.98. The Hall–Kier alpha value is -4.98. The quantitative estimate of drug-likeness (QED) is 0.247. The molecule has 0 N–H and O–H groups in total. The zero-order valence-corrected chi connectivity index (χ0v) is 23.3. The van der Waals surface area contributed by atoms with Crippen LogP contribution >= 0.6 is 0 Å². The first kappa shape index (κ1) is 30.0. The summed E-state index contributed by atoms with van der Waals surface area (Å²) in [6.07, 6.45) is -1.88. The van der Waals surface area contributed by atoms with Gasteiger partial charge in [-0.25, -0.2) is 4.79 Å². The monoisotopic (exact) mass is 576 g/mol. The van der Waals surface area contributed by atoms with Gasteiger partial charge in [-0.05, 0) is 75.7 Å². The van der Waals surface area contributed by atoms with Crippen LogP contribution in [-0.4, -0.2) is 39.8 Å². The number of anilines is 1. The van der Waals surface area contributed by atoms with E-state index in [2.05, 4.69) is 4.98 Å². The summed E-state index contributed by atoms with van der Waals surface area (Å²) in [4.78, 5) is 47.4. The fourth-order valence-corrected chi connectivity index (χ4v) is 4.68. The van der Waals surface area contributed by atoms with Crippen molar-refractivity contribution in [3.8, 4) is 6.07 Å². The van der Waals surface area contributed by atoms with Crippen molar-refractivity contribution in [3.05, 3.63) is 107 Å². The highest BCUT2D eigenvalue weighted by molar-refractivity contribution is 6.13. The number of esters is 1. The highest BCUT2D eigenvalue weighted by Gasteiger charge is 2.44. The summed E-state index contributed by atoms with van der Waals surface area (Å²) in [6, 6.07) is 13.4. The third-order valence-electron chi connectivity index (χ3n) is 6.42. The second kappa shape index (κ2) is 11.5. The lowest BCUT2D eigenvalue weighted by molar-refractivity contribution is -0.155. The van der Waals surface area contributed by atoms with Gasteiger partial charge in [0.1, 0.15) is 12.1 Å². The molecule has 2 heterocycles. The molecule has 3 aromatic rings. The highest BCUT2D eigenvalue weighted by atomic mass is 19.4. The summed E-state index contributed by atoms with van der Waals surface area (Å²) in [7, 11) is 0. The van der Waals surface area contributed by atoms with Gasteiger partial charge in [-0.15, -0.1) is 0 Å². The van der Waals surface area contributed by atoms with E-state index >= 15 is 0 Å². The average Bonchev–Trinajstić information content (AvgIpc) is 2.93. The number of hydrogen-bond donors (Lipinski definition) is 0. The van der Waals surface area contributed by atoms with Gasteiger partial charge in [-0.1, -0.05) is 18.2 Å². The number of benzene rings is 2. The van der Waals surface area contributed by atoms with E-state index in [-0.39, 0.29) is 22.5 Å². The lowest BCUT2D eigenvalue weighted by atomic mass is 9.87. The molecular formula is C31H27F3N4O4. The van der Waals surface area contributed by atoms with Gasteiger partial charge in [0.2, 0.25) is 0 Å². The van der Waals surface area contributed by atoms with Gasteiger partial charge >= 0.3 is 18.2 Å². The van der Waals surface area contributed by atoms with Crippen molar-refractivity contribution in [1.29, 1.82) is 5.26 Å². The molecule has 0 saturated carbocycles. The number of Topliss-reactive ketones (excluding diaryl/α,β-unsaturated/α-hetero) is 1. The number of urea groups is 1. The van der Waals surface area contributed by atoms with Crippen LogP contribution in [0.1, 0.15) is 60.8 Å². The van der Waals surface area contributed by atoms with Gasteiger partial charge in [0.25, 0.3) is 0 Å². The van der Waals surface area contributed by atoms with Crippen molar-refractivity contribution in [2.75, 3.05) is 11.4 Å². The summed E-state index contributed by atoms with van der Waals surface area (Å²) >= 11 is 0. The van der Waals surface area contributed by atoms with Crippen LogP contribution in [0.3, 0.4) is 0 Å². The fraction of sp³-hybridized carbons (Fsp3) is 0.258. The first-order valence-corrected chi connectivity index (χ1v) is 12.9. The van der Waals surface area contributed by atoms with Crippen LogP contribution in [0.15, 0.2) is 84.3 Å². The predicted octanol–water partition coefficient (Wildman–Crippen LogP) is 6.45. The number of amides is 2. The van der Waals surface area contributed by atoms with Gasteiger partial charge in [-0.2, -0.15) is 18.4 Å². The number of ketones is 1. The Morgan fingerprint density at radius 2 is 1.74 bits per heavy atom. The van der Waals surface area contributed by atoms with Crippen molar-refractivity contribution >= 4 is 23.5 Å². The third-order valence-corrected chi connectivity index (χ3v) is 6.42. The molecule has 2 aromatic carbocycles. The van der Waals surface area contributed by atoms with E-state index in [9.17, 15) is 32.8 Å². The molecule has 0 aliphatic carbocycles. The number of pyridine rings is 1. The minimum atomic E-state index is -4.69. The zero-order chi connectivity index (χ0) is 30.8. The number of allylic oxidation sites excluding steroid dienone is 1. The van der Waals surface area contributed by atoms with Gasteiger partial charge < -0.3 is 9.64 Å². The van der Waals surface area contributed by atoms with Crippen LogP contribution in [0, 0.1) is 11.3 Å². The lowest BCUT2D eigenvalue weighted by Crippen LogP contribution is -2.53. The molecule has 1 unspecified atom stereocenters. The van der Waals surface area contributed by atoms with Gasteiger partial charge in [0.05, 0.1) is 28.9 Å². The molecule has 8 nitrogen and oxygen atoms in total. The number of aromatic nitrogens is 1. The molecule has 4 rings (SSSR count). The molecular weight excluding hydrogens is 549 g/mol. The lowest BCUT2D eigenvalue weighted by Gasteiger charge is -2.43. The number of carbonyl (C=O) groups is 3. The first-order valence-electron chi connectivity index (χ1n) is 12.9. The number of nitriles is 1. The highest BCUT2D eigenvalue weighted by Crippen LogP contribution is 2.42. The van der Waals surface area contributed by atoms with Crippen LogP contribution in [0.5, 0.6) is 0 Å². The van der Waals surface area contributed by atoms with Crippen molar-refractivity contribution in [2.24, 2.45) is 0 Å². The van der Waals surface area contributed by atoms with Crippen molar-refractivity contribution in [3.63, 3.8) is 0 Å². The number of carbonyl (C=O) groups excluding carboxylic acids is 3. The molecule has 42 heavy (non-hydrogen) atoms. The van der Waals surface area contributed by atoms with E-state index in [4.69, 9.17) is 4.74 Å². The van der Waals surface area contributed by atoms with E-state index in [1.807, 2.05) is 6.07 Å². The SMILES string of the molecule is CC1=C(C(=O)c2cccnc2)C(c2ccc(C#N)cc2)N(CC(=O)OC(C)(C)C)C(=O)N1c1cccc(C(F)(F)F)c1. The molecule has 0 saturated heterocycles. The Morgan fingerprint density at radius 3 is 2.31 bits per heavy atom. The van der Waals surface area contributed by atoms with E-state index in [0.717, 1.165) is 28.0 Å². The Kier molecular flexibility index (Phi) is 8.20. The molecule has 0 spiro atoms. The fourth-order valence-electron chi connectivity index (χ4n) is 4.68. The Morgan fingerprint density at radius 1 is 1.05 bits per heavy atom. The molecule has 2 amide bonds. The molecule has 1 aliphatic heterocycles. The van der Waals surface area contributed by atoms with E-state index in [1.54, 1.807) is 39.0 Å². The molecule has 11 heteroatoms. The molecule has 1 atom stereocenters. The predicted molar refractivity (Wildman–Crippen MR) is 147 cm³/mol. The van der Waals surface area contributed by atoms with Crippen LogP contribution in [-0.2, 0) is 15.7 Å². The van der Waals surface area contributed by atoms with E-state index in [0.29, 0.717) is 11.1 Å². The maximum absolute atomic E-state index is 14.2. The largest absolute Gasteiger partial charge is 0.459 e. The first-order chi connectivity index (χ1) is 19.7. The molecule has 216 valence electrons. The van der Waals surface area contributed by atoms with Crippen molar-refractivity contribution < 1.29 is 32.3 Å². The van der Waals surface area contributed by atoms with Gasteiger partial charge in [0, 0.05) is 29.2 Å². The topological polar surface area (TPSA) is 104 Å². The molecule has 0 fully saturated rings. The smallest absolute Gasteiger partial charge is 0.416 e. The number of hydrogen-bond acceptors (Lipinski definition) is 6. The number of alkyl halides is 3. The molecule has 1 aliphatic rings. The standard InChI is InChI=1S/C31H27F3N4O4/c1-19-26(28(40)22-7-6-14-36-17-22)27(21-12-10-20(16-35)11-13-21)37(18-25(39)42-30(2,3)4)29(41)38(19)24-9-5-8-23(15-24)31(32,33)34/h5-15,17,27H,18H2,1-4H3. The van der Waals surface area contributed by atoms with Crippen molar-refractivity contribution in [2.45, 2.75) is 45.5 Å². The maximum atomic E-state index is 14.2. The Labute approximate surface area is 240 Å². The Bertz CT molecular complexity index is 1590. The summed E-state index contributed by atoms with van der Waals surface area (Å²) in [5.41, 5.74) is -1.03. The average molecular weight is 577 g/mol. The normalized spacial score (nSPS) is 15.9. The molecule has 0 radical (unpaired) electrons. The molecule has 0 bridgehead atoms. The van der Waals surface area contributed by atoms with Crippen LogP contribution < -0.4 is 4.90 Å². The van der Waals surface area contributed by atoms with Crippen LogP contribution in [0.2, 0.25) is 0 Å². The number of nitrogens with zero attached hydrogens (tertiary/aromatic N) is 4. The summed E-state index contributed by atoms with van der Waals surface area (Å²) < 4.78 is 46.4. The maximum Gasteiger partial charge on any atom is 0.416 e. The second-order valence-corrected chi connectivity index (χ2v) is 10.6. The second-order valence-electron chi connectivity index (χ2n) is 10.6. The van der Waals surface area contributed by atoms with Crippen LogP contribution in [0.25, 0.3) is 0 Å². The van der Waals surface area contributed by atoms with Crippen molar-refractivity contribution in [1.82, 2.24) is 9.88 Å². The third kappa shape index (κ3) is 6.33. The van der Waals surface area contributed by atoms with E-state index in [1.165, 1.54) is 43.6 Å². The minimum Gasteiger partial charge on any atom is -0.459 e. The molecule has 1 aromatic heterocycles. The number of ether oxygens (including phenoxy) is 1. The number of halogens is 3. The minimum absolute atomic E-state index is 0.0354. The van der Waals surface area contributed by atoms with E-state index < -0.39 is 47.7 Å². The summed E-state index contributed by atoms with van der Waals surface area (Å²) in [5, 5.41) is 9.30. The summed E-state index contributed by atoms with van der Waals surface area (Å²) in [6.45, 7) is 5.79. The number of rotatable bonds is 6. The summed E-state index contributed by atoms with van der Waals surface area (Å²) in [5.74, 6) is -1.33. The zero-order valence-electron chi connectivity index (χ0n) is 23.3.